The van der Waals surface area contributed by atoms with Crippen LogP contribution in [0.25, 0.3) is 0 Å². The maximum Gasteiger partial charge on any atom is 0.239 e. The number of carbonyl (C=O) groups excluding carboxylic acids is 1. The monoisotopic (exact) mass is 358 g/mol. The molecule has 1 amide bonds. The number of hydrogen-bond acceptors (Lipinski definition) is 3. The van der Waals surface area contributed by atoms with E-state index in [0.29, 0.717) is 11.8 Å². The van der Waals surface area contributed by atoms with Gasteiger partial charge in [-0.15, -0.1) is 0 Å². The molecule has 4 nitrogen and oxygen atoms in total. The first-order valence-corrected chi connectivity index (χ1v) is 10.3. The highest BCUT2D eigenvalue weighted by Crippen LogP contribution is 2.24. The van der Waals surface area contributed by atoms with E-state index in [4.69, 9.17) is 4.74 Å². The number of methoxy groups -OCH3 is 1. The molecule has 0 N–H and O–H groups in total. The quantitative estimate of drug-likeness (QED) is 0.804. The highest BCUT2D eigenvalue weighted by Gasteiger charge is 2.29. The molecule has 4 heteroatoms. The summed E-state index contributed by atoms with van der Waals surface area (Å²) in [6.45, 7) is 6.11. The Morgan fingerprint density at radius 3 is 2.23 bits per heavy atom. The number of likely N-dealkylation sites (tertiary alicyclic amines) is 2. The number of amides is 1. The molecule has 2 aliphatic rings. The van der Waals surface area contributed by atoms with Crippen molar-refractivity contribution in [2.24, 2.45) is 5.92 Å². The minimum atomic E-state index is 0.0474. The molecule has 1 unspecified atom stereocenters. The van der Waals surface area contributed by atoms with Crippen molar-refractivity contribution in [3.05, 3.63) is 29.8 Å². The maximum absolute atomic E-state index is 12.9. The lowest BCUT2D eigenvalue weighted by Gasteiger charge is -2.36. The van der Waals surface area contributed by atoms with E-state index in [0.717, 1.165) is 51.2 Å². The van der Waals surface area contributed by atoms with Crippen LogP contribution in [0.4, 0.5) is 0 Å². The molecule has 3 rings (SSSR count). The van der Waals surface area contributed by atoms with Crippen molar-refractivity contribution in [1.82, 2.24) is 9.80 Å². The summed E-state index contributed by atoms with van der Waals surface area (Å²) in [5.41, 5.74) is 1.37. The van der Waals surface area contributed by atoms with Crippen LogP contribution in [0.2, 0.25) is 0 Å². The van der Waals surface area contributed by atoms with E-state index in [1.165, 1.54) is 31.2 Å². The van der Waals surface area contributed by atoms with Gasteiger partial charge in [-0.05, 0) is 75.7 Å². The Labute approximate surface area is 158 Å². The Morgan fingerprint density at radius 2 is 1.65 bits per heavy atom. The molecule has 26 heavy (non-hydrogen) atoms. The normalized spacial score (nSPS) is 21.2. The van der Waals surface area contributed by atoms with Crippen molar-refractivity contribution in [3.63, 3.8) is 0 Å². The van der Waals surface area contributed by atoms with Crippen molar-refractivity contribution < 1.29 is 9.53 Å². The van der Waals surface area contributed by atoms with Crippen LogP contribution in [0, 0.1) is 5.92 Å². The summed E-state index contributed by atoms with van der Waals surface area (Å²) >= 11 is 0. The molecule has 0 aromatic heterocycles. The van der Waals surface area contributed by atoms with Crippen LogP contribution in [0.15, 0.2) is 24.3 Å². The van der Waals surface area contributed by atoms with E-state index in [-0.39, 0.29) is 6.04 Å². The summed E-state index contributed by atoms with van der Waals surface area (Å²) in [5, 5.41) is 0. The van der Waals surface area contributed by atoms with Gasteiger partial charge in [-0.1, -0.05) is 25.0 Å². The van der Waals surface area contributed by atoms with Crippen LogP contribution in [0.5, 0.6) is 5.75 Å². The maximum atomic E-state index is 12.9. The summed E-state index contributed by atoms with van der Waals surface area (Å²) in [6.07, 6.45) is 8.44. The molecular weight excluding hydrogens is 324 g/mol. The van der Waals surface area contributed by atoms with Crippen LogP contribution in [0.3, 0.4) is 0 Å². The van der Waals surface area contributed by atoms with Crippen molar-refractivity contribution in [2.75, 3.05) is 33.3 Å². The zero-order chi connectivity index (χ0) is 18.4. The third-order valence-electron chi connectivity index (χ3n) is 6.16. The molecule has 0 aliphatic carbocycles. The molecule has 1 aromatic carbocycles. The topological polar surface area (TPSA) is 32.8 Å². The second kappa shape index (κ2) is 9.40. The first-order valence-electron chi connectivity index (χ1n) is 10.3. The predicted octanol–water partition coefficient (Wildman–Crippen LogP) is 3.74. The average molecular weight is 359 g/mol. The molecule has 1 aromatic rings. The second-order valence-corrected chi connectivity index (χ2v) is 7.95. The summed E-state index contributed by atoms with van der Waals surface area (Å²) in [5.74, 6) is 1.94. The molecule has 0 spiro atoms. The first-order chi connectivity index (χ1) is 12.7. The third kappa shape index (κ3) is 5.00. The Morgan fingerprint density at radius 1 is 1.04 bits per heavy atom. The van der Waals surface area contributed by atoms with Gasteiger partial charge >= 0.3 is 0 Å². The zero-order valence-corrected chi connectivity index (χ0v) is 16.5. The SMILES string of the molecule is COc1ccc(CC2CCN(C(=O)C(C)N3CCCCCC3)CC2)cc1. The van der Waals surface area contributed by atoms with Gasteiger partial charge in [0.25, 0.3) is 0 Å². The van der Waals surface area contributed by atoms with Gasteiger partial charge in [-0.2, -0.15) is 0 Å². The van der Waals surface area contributed by atoms with Crippen LogP contribution in [-0.2, 0) is 11.2 Å². The van der Waals surface area contributed by atoms with Crippen molar-refractivity contribution >= 4 is 5.91 Å². The first kappa shape index (κ1) is 19.2. The number of rotatable bonds is 5. The van der Waals surface area contributed by atoms with Gasteiger partial charge in [0.1, 0.15) is 5.75 Å². The number of carbonyl (C=O) groups is 1. The minimum absolute atomic E-state index is 0.0474. The number of hydrogen-bond donors (Lipinski definition) is 0. The molecule has 144 valence electrons. The highest BCUT2D eigenvalue weighted by molar-refractivity contribution is 5.81. The van der Waals surface area contributed by atoms with E-state index < -0.39 is 0 Å². The van der Waals surface area contributed by atoms with Crippen LogP contribution < -0.4 is 4.74 Å². The van der Waals surface area contributed by atoms with Crippen LogP contribution in [0.1, 0.15) is 51.0 Å². The van der Waals surface area contributed by atoms with Gasteiger partial charge in [-0.25, -0.2) is 0 Å². The van der Waals surface area contributed by atoms with Gasteiger partial charge in [0.2, 0.25) is 5.91 Å². The lowest BCUT2D eigenvalue weighted by molar-refractivity contribution is -0.137. The van der Waals surface area contributed by atoms with Crippen molar-refractivity contribution in [1.29, 1.82) is 0 Å². The largest absolute Gasteiger partial charge is 0.497 e. The minimum Gasteiger partial charge on any atom is -0.497 e. The fourth-order valence-electron chi connectivity index (χ4n) is 4.36. The van der Waals surface area contributed by atoms with E-state index in [1.54, 1.807) is 7.11 Å². The summed E-state index contributed by atoms with van der Waals surface area (Å²) in [7, 11) is 1.70. The van der Waals surface area contributed by atoms with Gasteiger partial charge < -0.3 is 9.64 Å². The highest BCUT2D eigenvalue weighted by atomic mass is 16.5. The van der Waals surface area contributed by atoms with Crippen LogP contribution >= 0.6 is 0 Å². The molecule has 2 heterocycles. The molecule has 2 saturated heterocycles. The van der Waals surface area contributed by atoms with Crippen molar-refractivity contribution in [2.45, 2.75) is 57.9 Å². The summed E-state index contributed by atoms with van der Waals surface area (Å²) in [4.78, 5) is 17.4. The molecule has 2 fully saturated rings. The zero-order valence-electron chi connectivity index (χ0n) is 16.5. The number of benzene rings is 1. The fraction of sp³-hybridized carbons (Fsp3) is 0.682. The van der Waals surface area contributed by atoms with Gasteiger partial charge in [0.05, 0.1) is 13.2 Å². The molecular formula is C22H34N2O2. The summed E-state index contributed by atoms with van der Waals surface area (Å²) < 4.78 is 5.23. The smallest absolute Gasteiger partial charge is 0.239 e. The molecule has 0 saturated carbocycles. The van der Waals surface area contributed by atoms with E-state index >= 15 is 0 Å². The fourth-order valence-corrected chi connectivity index (χ4v) is 4.36. The number of nitrogens with zero attached hydrogens (tertiary/aromatic N) is 2. The molecule has 0 radical (unpaired) electrons. The lowest BCUT2D eigenvalue weighted by atomic mass is 9.90. The number of ether oxygens (including phenoxy) is 1. The van der Waals surface area contributed by atoms with E-state index in [2.05, 4.69) is 28.9 Å². The van der Waals surface area contributed by atoms with E-state index in [1.807, 2.05) is 12.1 Å². The van der Waals surface area contributed by atoms with Crippen LogP contribution in [-0.4, -0.2) is 55.0 Å². The Bertz CT molecular complexity index is 556. The molecule has 2 aliphatic heterocycles. The lowest BCUT2D eigenvalue weighted by Crippen LogP contribution is -2.49. The Balaban J connectivity index is 1.46. The van der Waals surface area contributed by atoms with Gasteiger partial charge in [0, 0.05) is 13.1 Å². The average Bonchev–Trinajstić information content (AvgIpc) is 2.97. The molecule has 1 atom stereocenters. The number of piperidine rings is 1. The molecule has 0 bridgehead atoms. The predicted molar refractivity (Wildman–Crippen MR) is 106 cm³/mol. The Hall–Kier alpha value is -1.55. The standard InChI is InChI=1S/C22H34N2O2/c1-18(23-13-5-3-4-6-14-23)22(25)24-15-11-20(12-16-24)17-19-7-9-21(26-2)10-8-19/h7-10,18,20H,3-6,11-17H2,1-2H3. The third-order valence-corrected chi connectivity index (χ3v) is 6.16. The van der Waals surface area contributed by atoms with E-state index in [9.17, 15) is 4.79 Å². The summed E-state index contributed by atoms with van der Waals surface area (Å²) in [6, 6.07) is 8.45. The van der Waals surface area contributed by atoms with Gasteiger partial charge in [-0.3, -0.25) is 9.69 Å². The van der Waals surface area contributed by atoms with Crippen molar-refractivity contribution in [3.8, 4) is 5.75 Å². The second-order valence-electron chi connectivity index (χ2n) is 7.95. The van der Waals surface area contributed by atoms with Gasteiger partial charge in [0.15, 0.2) is 0 Å². The Kier molecular flexibility index (Phi) is 6.95.